The van der Waals surface area contributed by atoms with Crippen LogP contribution in [0.2, 0.25) is 0 Å². The fourth-order valence-electron chi connectivity index (χ4n) is 2.92. The SMILES string of the molecule is CCCCCCCCCCCC(COC(C)=O)(COC(C)=O)COC(C)=O. The van der Waals surface area contributed by atoms with Crippen molar-refractivity contribution in [1.82, 2.24) is 0 Å². The molecule has 6 heteroatoms. The molecule has 0 rings (SSSR count). The predicted molar refractivity (Wildman–Crippen MR) is 104 cm³/mol. The van der Waals surface area contributed by atoms with E-state index in [-0.39, 0.29) is 19.8 Å². The van der Waals surface area contributed by atoms with E-state index < -0.39 is 23.3 Å². The highest BCUT2D eigenvalue weighted by Gasteiger charge is 2.34. The van der Waals surface area contributed by atoms with Crippen molar-refractivity contribution in [2.24, 2.45) is 5.41 Å². The molecular formula is C21H38O6. The Morgan fingerprint density at radius 1 is 0.593 bits per heavy atom. The monoisotopic (exact) mass is 386 g/mol. The molecule has 0 aliphatic rings. The van der Waals surface area contributed by atoms with Gasteiger partial charge in [0.15, 0.2) is 0 Å². The first-order valence-corrected chi connectivity index (χ1v) is 10.2. The fraction of sp³-hybridized carbons (Fsp3) is 0.857. The molecule has 0 saturated carbocycles. The molecule has 0 aliphatic carbocycles. The van der Waals surface area contributed by atoms with E-state index >= 15 is 0 Å². The Balaban J connectivity index is 4.52. The molecule has 0 saturated heterocycles. The molecule has 27 heavy (non-hydrogen) atoms. The van der Waals surface area contributed by atoms with Crippen LogP contribution in [0.4, 0.5) is 0 Å². The second-order valence-corrected chi connectivity index (χ2v) is 7.42. The van der Waals surface area contributed by atoms with Crippen LogP contribution in [0.5, 0.6) is 0 Å². The molecule has 6 nitrogen and oxygen atoms in total. The highest BCUT2D eigenvalue weighted by atomic mass is 16.6. The van der Waals surface area contributed by atoms with Gasteiger partial charge in [0.1, 0.15) is 19.8 Å². The van der Waals surface area contributed by atoms with Crippen molar-refractivity contribution in [2.75, 3.05) is 19.8 Å². The predicted octanol–water partition coefficient (Wildman–Crippen LogP) is 4.58. The Kier molecular flexibility index (Phi) is 14.6. The second-order valence-electron chi connectivity index (χ2n) is 7.42. The molecule has 0 radical (unpaired) electrons. The van der Waals surface area contributed by atoms with E-state index in [2.05, 4.69) is 6.92 Å². The van der Waals surface area contributed by atoms with Gasteiger partial charge in [-0.2, -0.15) is 0 Å². The Labute approximate surface area is 164 Å². The summed E-state index contributed by atoms with van der Waals surface area (Å²) in [6.07, 6.45) is 11.4. The first-order chi connectivity index (χ1) is 12.8. The molecular weight excluding hydrogens is 348 g/mol. The molecule has 0 aromatic rings. The zero-order chi connectivity index (χ0) is 20.5. The van der Waals surface area contributed by atoms with Gasteiger partial charge in [-0.3, -0.25) is 14.4 Å². The molecule has 0 aliphatic heterocycles. The van der Waals surface area contributed by atoms with Crippen LogP contribution in [0.25, 0.3) is 0 Å². The van der Waals surface area contributed by atoms with Crippen molar-refractivity contribution in [3.8, 4) is 0 Å². The Morgan fingerprint density at radius 3 is 1.26 bits per heavy atom. The van der Waals surface area contributed by atoms with Gasteiger partial charge in [-0.1, -0.05) is 64.7 Å². The van der Waals surface area contributed by atoms with Crippen LogP contribution in [-0.2, 0) is 28.6 Å². The molecule has 0 N–H and O–H groups in total. The molecule has 0 unspecified atom stereocenters. The third-order valence-electron chi connectivity index (χ3n) is 4.56. The summed E-state index contributed by atoms with van der Waals surface area (Å²) in [6, 6.07) is 0. The minimum absolute atomic E-state index is 0.0694. The number of ether oxygens (including phenoxy) is 3. The van der Waals surface area contributed by atoms with Crippen molar-refractivity contribution in [3.63, 3.8) is 0 Å². The maximum absolute atomic E-state index is 11.3. The number of esters is 3. The van der Waals surface area contributed by atoms with Gasteiger partial charge in [-0.05, 0) is 6.42 Å². The molecule has 0 amide bonds. The average Bonchev–Trinajstić information content (AvgIpc) is 2.61. The number of hydrogen-bond donors (Lipinski definition) is 0. The summed E-state index contributed by atoms with van der Waals surface area (Å²) in [6.45, 7) is 6.43. The molecule has 0 heterocycles. The lowest BCUT2D eigenvalue weighted by atomic mass is 9.84. The van der Waals surface area contributed by atoms with Crippen molar-refractivity contribution in [3.05, 3.63) is 0 Å². The topological polar surface area (TPSA) is 78.9 Å². The largest absolute Gasteiger partial charge is 0.465 e. The smallest absolute Gasteiger partial charge is 0.302 e. The van der Waals surface area contributed by atoms with E-state index in [1.165, 1.54) is 59.3 Å². The first kappa shape index (κ1) is 25.4. The number of rotatable bonds is 16. The van der Waals surface area contributed by atoms with Crippen LogP contribution in [-0.4, -0.2) is 37.7 Å². The summed E-state index contributed by atoms with van der Waals surface area (Å²) < 4.78 is 15.6. The van der Waals surface area contributed by atoms with Crippen molar-refractivity contribution in [2.45, 2.75) is 91.9 Å². The number of unbranched alkanes of at least 4 members (excludes halogenated alkanes) is 8. The van der Waals surface area contributed by atoms with Crippen LogP contribution < -0.4 is 0 Å². The van der Waals surface area contributed by atoms with Gasteiger partial charge in [-0.15, -0.1) is 0 Å². The van der Waals surface area contributed by atoms with E-state index in [1.807, 2.05) is 0 Å². The lowest BCUT2D eigenvalue weighted by molar-refractivity contribution is -0.159. The summed E-state index contributed by atoms with van der Waals surface area (Å²) in [5.41, 5.74) is -0.690. The molecule has 0 atom stereocenters. The van der Waals surface area contributed by atoms with Gasteiger partial charge in [0.25, 0.3) is 0 Å². The lowest BCUT2D eigenvalue weighted by Crippen LogP contribution is -2.39. The number of carbonyl (C=O) groups is 3. The Bertz CT molecular complexity index is 387. The van der Waals surface area contributed by atoms with Gasteiger partial charge in [-0.25, -0.2) is 0 Å². The lowest BCUT2D eigenvalue weighted by Gasteiger charge is -2.32. The van der Waals surface area contributed by atoms with Gasteiger partial charge in [0.05, 0.1) is 5.41 Å². The molecule has 158 valence electrons. The Hall–Kier alpha value is -1.59. The minimum Gasteiger partial charge on any atom is -0.465 e. The van der Waals surface area contributed by atoms with E-state index in [9.17, 15) is 14.4 Å². The maximum atomic E-state index is 11.3. The highest BCUT2D eigenvalue weighted by molar-refractivity contribution is 5.67. The molecule has 0 aromatic carbocycles. The summed E-state index contributed by atoms with van der Waals surface area (Å²) in [4.78, 5) is 33.8. The minimum atomic E-state index is -0.690. The quantitative estimate of drug-likeness (QED) is 0.219. The van der Waals surface area contributed by atoms with E-state index in [4.69, 9.17) is 14.2 Å². The van der Waals surface area contributed by atoms with E-state index in [0.29, 0.717) is 6.42 Å². The summed E-state index contributed by atoms with van der Waals surface area (Å²) in [7, 11) is 0. The van der Waals surface area contributed by atoms with Crippen molar-refractivity contribution >= 4 is 17.9 Å². The summed E-state index contributed by atoms with van der Waals surface area (Å²) >= 11 is 0. The average molecular weight is 387 g/mol. The standard InChI is InChI=1S/C21H38O6/c1-5-6-7-8-9-10-11-12-13-14-21(15-25-18(2)22,16-26-19(3)23)17-27-20(4)24/h5-17H2,1-4H3. The molecule has 0 bridgehead atoms. The van der Waals surface area contributed by atoms with Gasteiger partial charge >= 0.3 is 17.9 Å². The zero-order valence-electron chi connectivity index (χ0n) is 17.6. The van der Waals surface area contributed by atoms with Crippen LogP contribution in [0.1, 0.15) is 91.9 Å². The zero-order valence-corrected chi connectivity index (χ0v) is 17.6. The molecule has 0 fully saturated rings. The third kappa shape index (κ3) is 15.2. The number of carbonyl (C=O) groups excluding carboxylic acids is 3. The van der Waals surface area contributed by atoms with Crippen LogP contribution in [0.15, 0.2) is 0 Å². The van der Waals surface area contributed by atoms with Crippen molar-refractivity contribution in [1.29, 1.82) is 0 Å². The normalized spacial score (nSPS) is 11.1. The van der Waals surface area contributed by atoms with Crippen LogP contribution in [0.3, 0.4) is 0 Å². The van der Waals surface area contributed by atoms with E-state index in [0.717, 1.165) is 19.3 Å². The summed E-state index contributed by atoms with van der Waals surface area (Å²) in [5.74, 6) is -1.22. The maximum Gasteiger partial charge on any atom is 0.302 e. The van der Waals surface area contributed by atoms with Crippen molar-refractivity contribution < 1.29 is 28.6 Å². The fourth-order valence-corrected chi connectivity index (χ4v) is 2.92. The summed E-state index contributed by atoms with van der Waals surface area (Å²) in [5, 5.41) is 0. The van der Waals surface area contributed by atoms with Crippen LogP contribution in [0, 0.1) is 5.41 Å². The third-order valence-corrected chi connectivity index (χ3v) is 4.56. The Morgan fingerprint density at radius 2 is 0.926 bits per heavy atom. The molecule has 0 spiro atoms. The van der Waals surface area contributed by atoms with Gasteiger partial charge in [0, 0.05) is 20.8 Å². The first-order valence-electron chi connectivity index (χ1n) is 10.2. The highest BCUT2D eigenvalue weighted by Crippen LogP contribution is 2.28. The van der Waals surface area contributed by atoms with E-state index in [1.54, 1.807) is 0 Å². The molecule has 0 aromatic heterocycles. The van der Waals surface area contributed by atoms with Crippen LogP contribution >= 0.6 is 0 Å². The second kappa shape index (κ2) is 15.5. The van der Waals surface area contributed by atoms with Gasteiger partial charge < -0.3 is 14.2 Å². The number of hydrogen-bond acceptors (Lipinski definition) is 6. The van der Waals surface area contributed by atoms with Gasteiger partial charge in [0.2, 0.25) is 0 Å².